The first-order valence-electron chi connectivity index (χ1n) is 2.45. The largest absolute Gasteiger partial charge is 0.125 e. The molecule has 2 heteroatoms. The van der Waals surface area contributed by atoms with Gasteiger partial charge in [0.1, 0.15) is 0 Å². The maximum atomic E-state index is 5.05. The molecule has 0 aliphatic carbocycles. The molecule has 0 radical (unpaired) electrons. The third-order valence-corrected chi connectivity index (χ3v) is 0.643. The number of alkyl halides is 2. The molecule has 0 heterocycles. The molecule has 0 aliphatic rings. The molecule has 0 amide bonds. The molecule has 0 spiro atoms. The molecule has 0 fully saturated rings. The predicted molar refractivity (Wildman–Crippen MR) is 37.4 cm³/mol. The summed E-state index contributed by atoms with van der Waals surface area (Å²) in [7, 11) is 0. The van der Waals surface area contributed by atoms with Gasteiger partial charge in [-0.2, -0.15) is 0 Å². The summed E-state index contributed by atoms with van der Waals surface area (Å²) in [5.41, 5.74) is 0. The molecule has 0 bridgehead atoms. The van der Waals surface area contributed by atoms with Crippen LogP contribution in [0.15, 0.2) is 0 Å². The van der Waals surface area contributed by atoms with Crippen molar-refractivity contribution in [3.63, 3.8) is 0 Å². The number of hydrogen-bond donors (Lipinski definition) is 0. The van der Waals surface area contributed by atoms with Gasteiger partial charge in [-0.3, -0.25) is 0 Å². The van der Waals surface area contributed by atoms with Crippen molar-refractivity contribution >= 4 is 23.2 Å². The van der Waals surface area contributed by atoms with Crippen LogP contribution >= 0.6 is 23.2 Å². The highest BCUT2D eigenvalue weighted by Crippen LogP contribution is 1.75. The first-order chi connectivity index (χ1) is 3.33. The molecule has 0 saturated heterocycles. The predicted octanol–water partition coefficient (Wildman–Crippen LogP) is 2.88. The van der Waals surface area contributed by atoms with Gasteiger partial charge >= 0.3 is 0 Å². The van der Waals surface area contributed by atoms with Gasteiger partial charge in [-0.25, -0.2) is 0 Å². The minimum atomic E-state index is 0.557. The van der Waals surface area contributed by atoms with Gasteiger partial charge in [0.15, 0.2) is 0 Å². The van der Waals surface area contributed by atoms with Gasteiger partial charge in [-0.05, 0) is 0 Å². The van der Waals surface area contributed by atoms with Crippen molar-refractivity contribution in [1.82, 2.24) is 0 Å². The van der Waals surface area contributed by atoms with Crippen LogP contribution in [0.3, 0.4) is 0 Å². The first kappa shape index (κ1) is 10.5. The summed E-state index contributed by atoms with van der Waals surface area (Å²) in [5.74, 6) is 1.11. The molecular weight excluding hydrogens is 131 g/mol. The van der Waals surface area contributed by atoms with Crippen LogP contribution in [0.25, 0.3) is 0 Å². The maximum absolute atomic E-state index is 5.05. The summed E-state index contributed by atoms with van der Waals surface area (Å²) in [5, 5.41) is 0. The molecular formula is C5H12Cl2. The van der Waals surface area contributed by atoms with E-state index in [2.05, 4.69) is 13.8 Å². The summed E-state index contributed by atoms with van der Waals surface area (Å²) in [6, 6.07) is 0. The van der Waals surface area contributed by atoms with Gasteiger partial charge in [0.25, 0.3) is 0 Å². The Morgan fingerprint density at radius 3 is 1.14 bits per heavy atom. The van der Waals surface area contributed by atoms with Crippen molar-refractivity contribution in [3.8, 4) is 0 Å². The zero-order valence-corrected chi connectivity index (χ0v) is 6.39. The molecule has 0 nitrogen and oxygen atoms in total. The fourth-order valence-electron chi connectivity index (χ4n) is 0. The lowest BCUT2D eigenvalue weighted by Gasteiger charge is -1.63. The number of halogens is 2. The zero-order valence-electron chi connectivity index (χ0n) is 4.88. The van der Waals surface area contributed by atoms with Crippen LogP contribution in [0.4, 0.5) is 0 Å². The van der Waals surface area contributed by atoms with E-state index in [-0.39, 0.29) is 0 Å². The van der Waals surface area contributed by atoms with Crippen molar-refractivity contribution in [2.24, 2.45) is 0 Å². The van der Waals surface area contributed by atoms with E-state index in [0.29, 0.717) is 11.8 Å². The number of hydrogen-bond acceptors (Lipinski definition) is 0. The Morgan fingerprint density at radius 2 is 1.14 bits per heavy atom. The highest BCUT2D eigenvalue weighted by molar-refractivity contribution is 6.25. The summed E-state index contributed by atoms with van der Waals surface area (Å²) >= 11 is 10.1. The van der Waals surface area contributed by atoms with E-state index >= 15 is 0 Å². The van der Waals surface area contributed by atoms with E-state index in [9.17, 15) is 0 Å². The van der Waals surface area contributed by atoms with Crippen LogP contribution in [0.2, 0.25) is 0 Å². The van der Waals surface area contributed by atoms with Crippen LogP contribution in [0.5, 0.6) is 0 Å². The summed E-state index contributed by atoms with van der Waals surface area (Å²) in [4.78, 5) is 0. The van der Waals surface area contributed by atoms with E-state index < -0.39 is 0 Å². The van der Waals surface area contributed by atoms with E-state index in [1.165, 1.54) is 6.42 Å². The van der Waals surface area contributed by atoms with E-state index in [0.717, 1.165) is 0 Å². The first-order valence-corrected chi connectivity index (χ1v) is 3.52. The number of rotatable bonds is 1. The van der Waals surface area contributed by atoms with E-state index in [1.54, 1.807) is 0 Å². The van der Waals surface area contributed by atoms with E-state index in [1.807, 2.05) is 0 Å². The van der Waals surface area contributed by atoms with Crippen molar-refractivity contribution < 1.29 is 0 Å². The highest BCUT2D eigenvalue weighted by Gasteiger charge is 1.61. The Bertz CT molecular complexity index is 13.6. The molecule has 0 aliphatic heterocycles. The van der Waals surface area contributed by atoms with Gasteiger partial charge in [0, 0.05) is 11.8 Å². The van der Waals surface area contributed by atoms with Gasteiger partial charge in [0.05, 0.1) is 0 Å². The SMILES string of the molecule is CCC.ClCCCl. The molecule has 0 aromatic carbocycles. The molecule has 0 N–H and O–H groups in total. The Hall–Kier alpha value is 0.580. The lowest BCUT2D eigenvalue weighted by atomic mass is 10.6. The Morgan fingerprint density at radius 1 is 1.00 bits per heavy atom. The second-order valence-electron chi connectivity index (χ2n) is 1.09. The van der Waals surface area contributed by atoms with Crippen LogP contribution in [0.1, 0.15) is 20.3 Å². The summed E-state index contributed by atoms with van der Waals surface area (Å²) < 4.78 is 0. The molecule has 0 aromatic rings. The molecule has 0 saturated carbocycles. The summed E-state index contributed by atoms with van der Waals surface area (Å²) in [6.07, 6.45) is 1.25. The van der Waals surface area contributed by atoms with Crippen molar-refractivity contribution in [2.75, 3.05) is 11.8 Å². The van der Waals surface area contributed by atoms with Crippen molar-refractivity contribution in [2.45, 2.75) is 20.3 Å². The quantitative estimate of drug-likeness (QED) is 0.495. The molecule has 0 unspecified atom stereocenters. The fraction of sp³-hybridized carbons (Fsp3) is 1.00. The topological polar surface area (TPSA) is 0 Å². The third-order valence-electron chi connectivity index (χ3n) is 0.0714. The minimum Gasteiger partial charge on any atom is -0.125 e. The Kier molecular flexibility index (Phi) is 24.1. The smallest absolute Gasteiger partial charge is 0.0359 e. The molecule has 0 atom stereocenters. The lowest BCUT2D eigenvalue weighted by molar-refractivity contribution is 1.09. The fourth-order valence-corrected chi connectivity index (χ4v) is 0. The van der Waals surface area contributed by atoms with Crippen molar-refractivity contribution in [1.29, 1.82) is 0 Å². The normalized spacial score (nSPS) is 6.86. The summed E-state index contributed by atoms with van der Waals surface area (Å²) in [6.45, 7) is 4.25. The van der Waals surface area contributed by atoms with Gasteiger partial charge in [0.2, 0.25) is 0 Å². The monoisotopic (exact) mass is 142 g/mol. The minimum absolute atomic E-state index is 0.557. The zero-order chi connectivity index (χ0) is 6.12. The van der Waals surface area contributed by atoms with Crippen LogP contribution in [0, 0.1) is 0 Å². The van der Waals surface area contributed by atoms with Gasteiger partial charge < -0.3 is 0 Å². The van der Waals surface area contributed by atoms with E-state index in [4.69, 9.17) is 23.2 Å². The third kappa shape index (κ3) is 55.3. The lowest BCUT2D eigenvalue weighted by Crippen LogP contribution is -1.63. The van der Waals surface area contributed by atoms with Crippen LogP contribution < -0.4 is 0 Å². The maximum Gasteiger partial charge on any atom is 0.0359 e. The molecule has 0 rings (SSSR count). The van der Waals surface area contributed by atoms with Crippen LogP contribution in [-0.2, 0) is 0 Å². The second-order valence-corrected chi connectivity index (χ2v) is 1.84. The van der Waals surface area contributed by atoms with Gasteiger partial charge in [-0.15, -0.1) is 23.2 Å². The van der Waals surface area contributed by atoms with Crippen molar-refractivity contribution in [3.05, 3.63) is 0 Å². The Balaban J connectivity index is 0. The Labute approximate surface area is 55.8 Å². The highest BCUT2D eigenvalue weighted by atomic mass is 35.5. The van der Waals surface area contributed by atoms with Crippen LogP contribution in [-0.4, -0.2) is 11.8 Å². The standard InChI is InChI=1S/C3H8.C2H4Cl2/c1-3-2;3-1-2-4/h3H2,1-2H3;1-2H2. The average Bonchev–Trinajstić information content (AvgIpc) is 1.69. The average molecular weight is 143 g/mol. The van der Waals surface area contributed by atoms with Gasteiger partial charge in [-0.1, -0.05) is 20.3 Å². The molecule has 7 heavy (non-hydrogen) atoms. The molecule has 46 valence electrons. The molecule has 0 aromatic heterocycles. The second kappa shape index (κ2) is 16.0.